The van der Waals surface area contributed by atoms with E-state index in [0.717, 1.165) is 10.5 Å². The zero-order valence-electron chi connectivity index (χ0n) is 15.8. The Morgan fingerprint density at radius 3 is 2.19 bits per heavy atom. The van der Waals surface area contributed by atoms with Crippen molar-refractivity contribution in [1.82, 2.24) is 0 Å². The van der Waals surface area contributed by atoms with Crippen LogP contribution in [0.3, 0.4) is 0 Å². The van der Waals surface area contributed by atoms with Gasteiger partial charge in [-0.1, -0.05) is 35.9 Å². The summed E-state index contributed by atoms with van der Waals surface area (Å²) in [6.45, 7) is 8.37. The molecule has 0 N–H and O–H groups in total. The van der Waals surface area contributed by atoms with Crippen molar-refractivity contribution >= 4 is 66.5 Å². The highest BCUT2D eigenvalue weighted by molar-refractivity contribution is 7.26. The number of halogens is 1. The Morgan fingerprint density at radius 2 is 1.48 bits per heavy atom. The summed E-state index contributed by atoms with van der Waals surface area (Å²) in [5.74, 6) is 0. The number of hydrogen-bond donors (Lipinski definition) is 0. The second-order valence-corrected chi connectivity index (χ2v) is 9.74. The second-order valence-electron chi connectivity index (χ2n) is 8.22. The molecule has 0 unspecified atom stereocenters. The maximum atomic E-state index is 6.36. The summed E-state index contributed by atoms with van der Waals surface area (Å²) in [7, 11) is -0.377. The number of hydrogen-bond acceptors (Lipinski definition) is 3. The predicted molar refractivity (Wildman–Crippen MR) is 118 cm³/mol. The summed E-state index contributed by atoms with van der Waals surface area (Å²) in [5, 5.41) is 5.62. The van der Waals surface area contributed by atoms with E-state index in [1.807, 2.05) is 6.07 Å². The van der Waals surface area contributed by atoms with Gasteiger partial charge in [0.25, 0.3) is 0 Å². The molecule has 1 aromatic heterocycles. The zero-order valence-corrected chi connectivity index (χ0v) is 17.4. The van der Waals surface area contributed by atoms with E-state index < -0.39 is 0 Å². The fourth-order valence-electron chi connectivity index (χ4n) is 3.81. The van der Waals surface area contributed by atoms with Crippen molar-refractivity contribution in [2.75, 3.05) is 0 Å². The topological polar surface area (TPSA) is 18.5 Å². The van der Waals surface area contributed by atoms with E-state index in [1.54, 1.807) is 11.3 Å². The summed E-state index contributed by atoms with van der Waals surface area (Å²) in [6, 6.07) is 16.9. The maximum Gasteiger partial charge on any atom is 0.495 e. The van der Waals surface area contributed by atoms with Crippen LogP contribution in [0.25, 0.3) is 30.9 Å². The summed E-state index contributed by atoms with van der Waals surface area (Å²) in [4.78, 5) is 0. The van der Waals surface area contributed by atoms with Crippen molar-refractivity contribution in [2.45, 2.75) is 38.9 Å². The fourth-order valence-corrected chi connectivity index (χ4v) is 5.13. The Morgan fingerprint density at radius 1 is 0.815 bits per heavy atom. The van der Waals surface area contributed by atoms with Crippen LogP contribution in [0.15, 0.2) is 48.5 Å². The van der Waals surface area contributed by atoms with Gasteiger partial charge in [0.05, 0.1) is 11.2 Å². The standard InChI is InChI=1S/C22H20BClO2S/c1-21(2)22(3,4)26-23(25-21)17-12-19-20(15-8-6-5-7-14(15)17)16-11-13(24)9-10-18(16)27-19/h5-12H,1-4H3. The first-order valence-electron chi connectivity index (χ1n) is 9.16. The van der Waals surface area contributed by atoms with Crippen LogP contribution in [0.1, 0.15) is 27.7 Å². The van der Waals surface area contributed by atoms with Crippen molar-refractivity contribution in [1.29, 1.82) is 0 Å². The van der Waals surface area contributed by atoms with Crippen LogP contribution in [0.2, 0.25) is 5.02 Å². The van der Waals surface area contributed by atoms with Gasteiger partial charge in [-0.3, -0.25) is 0 Å². The number of rotatable bonds is 1. The molecule has 3 aromatic carbocycles. The molecule has 0 saturated carbocycles. The van der Waals surface area contributed by atoms with Crippen molar-refractivity contribution < 1.29 is 9.31 Å². The number of benzene rings is 3. The quantitative estimate of drug-likeness (QED) is 0.360. The van der Waals surface area contributed by atoms with E-state index in [9.17, 15) is 0 Å². The third-order valence-electron chi connectivity index (χ3n) is 5.98. The minimum absolute atomic E-state index is 0.360. The molecule has 27 heavy (non-hydrogen) atoms. The Balaban J connectivity index is 1.83. The summed E-state index contributed by atoms with van der Waals surface area (Å²) >= 11 is 8.08. The number of fused-ring (bicyclic) bond motifs is 5. The maximum absolute atomic E-state index is 6.36. The summed E-state index contributed by atoms with van der Waals surface area (Å²) in [6.07, 6.45) is 0. The minimum atomic E-state index is -0.377. The molecule has 5 rings (SSSR count). The average Bonchev–Trinajstić information content (AvgIpc) is 3.07. The summed E-state index contributed by atoms with van der Waals surface area (Å²) in [5.41, 5.74) is 0.373. The average molecular weight is 395 g/mol. The Bertz CT molecular complexity index is 1200. The highest BCUT2D eigenvalue weighted by Crippen LogP contribution is 2.41. The molecular formula is C22H20BClO2S. The molecule has 0 radical (unpaired) electrons. The van der Waals surface area contributed by atoms with Crippen molar-refractivity contribution in [3.8, 4) is 0 Å². The molecular weight excluding hydrogens is 375 g/mol. The molecule has 5 heteroatoms. The second kappa shape index (κ2) is 5.71. The predicted octanol–water partition coefficient (Wildman–Crippen LogP) is 6.16. The first-order chi connectivity index (χ1) is 12.8. The molecule has 1 fully saturated rings. The van der Waals surface area contributed by atoms with Crippen molar-refractivity contribution in [2.24, 2.45) is 0 Å². The molecule has 4 aromatic rings. The lowest BCUT2D eigenvalue weighted by molar-refractivity contribution is 0.00578. The minimum Gasteiger partial charge on any atom is -0.399 e. The molecule has 0 bridgehead atoms. The van der Waals surface area contributed by atoms with Gasteiger partial charge in [-0.25, -0.2) is 0 Å². The van der Waals surface area contributed by atoms with Gasteiger partial charge in [0.2, 0.25) is 0 Å². The van der Waals surface area contributed by atoms with Gasteiger partial charge in [0, 0.05) is 25.2 Å². The van der Waals surface area contributed by atoms with Crippen molar-refractivity contribution in [3.05, 3.63) is 53.6 Å². The van der Waals surface area contributed by atoms with E-state index in [4.69, 9.17) is 20.9 Å². The van der Waals surface area contributed by atoms with Gasteiger partial charge < -0.3 is 9.31 Å². The first kappa shape index (κ1) is 17.5. The monoisotopic (exact) mass is 394 g/mol. The SMILES string of the molecule is CC1(C)OB(c2cc3sc4ccc(Cl)cc4c3c3ccccc23)OC1(C)C. The Labute approximate surface area is 168 Å². The highest BCUT2D eigenvalue weighted by atomic mass is 35.5. The van der Waals surface area contributed by atoms with Crippen LogP contribution in [-0.4, -0.2) is 18.3 Å². The lowest BCUT2D eigenvalue weighted by atomic mass is 9.75. The van der Waals surface area contributed by atoms with E-state index in [2.05, 4.69) is 70.2 Å². The van der Waals surface area contributed by atoms with Gasteiger partial charge in [-0.15, -0.1) is 11.3 Å². The van der Waals surface area contributed by atoms with Crippen LogP contribution in [0, 0.1) is 0 Å². The third kappa shape index (κ3) is 2.55. The zero-order chi connectivity index (χ0) is 19.0. The van der Waals surface area contributed by atoms with Crippen LogP contribution in [-0.2, 0) is 9.31 Å². The molecule has 1 aliphatic rings. The van der Waals surface area contributed by atoms with Gasteiger partial charge in [0.15, 0.2) is 0 Å². The van der Waals surface area contributed by atoms with Crippen LogP contribution < -0.4 is 5.46 Å². The molecule has 2 heterocycles. The first-order valence-corrected chi connectivity index (χ1v) is 10.4. The summed E-state index contributed by atoms with van der Waals surface area (Å²) < 4.78 is 15.2. The van der Waals surface area contributed by atoms with Gasteiger partial charge >= 0.3 is 7.12 Å². The Hall–Kier alpha value is -1.59. The molecule has 0 amide bonds. The van der Waals surface area contributed by atoms with Gasteiger partial charge in [0.1, 0.15) is 0 Å². The van der Waals surface area contributed by atoms with Crippen LogP contribution in [0.5, 0.6) is 0 Å². The molecule has 1 saturated heterocycles. The van der Waals surface area contributed by atoms with Crippen LogP contribution in [0.4, 0.5) is 0 Å². The van der Waals surface area contributed by atoms with E-state index in [-0.39, 0.29) is 18.3 Å². The lowest BCUT2D eigenvalue weighted by Gasteiger charge is -2.32. The lowest BCUT2D eigenvalue weighted by Crippen LogP contribution is -2.41. The normalized spacial score (nSPS) is 18.8. The third-order valence-corrected chi connectivity index (χ3v) is 7.33. The molecule has 0 aliphatic carbocycles. The van der Waals surface area contributed by atoms with Crippen LogP contribution >= 0.6 is 22.9 Å². The Kier molecular flexibility index (Phi) is 3.70. The molecule has 0 atom stereocenters. The largest absolute Gasteiger partial charge is 0.495 e. The van der Waals surface area contributed by atoms with E-state index in [0.29, 0.717) is 0 Å². The highest BCUT2D eigenvalue weighted by Gasteiger charge is 2.52. The fraction of sp³-hybridized carbons (Fsp3) is 0.273. The smallest absolute Gasteiger partial charge is 0.399 e. The van der Waals surface area contributed by atoms with E-state index >= 15 is 0 Å². The van der Waals surface area contributed by atoms with Gasteiger partial charge in [-0.2, -0.15) is 0 Å². The molecule has 0 spiro atoms. The van der Waals surface area contributed by atoms with E-state index in [1.165, 1.54) is 30.9 Å². The van der Waals surface area contributed by atoms with Crippen molar-refractivity contribution in [3.63, 3.8) is 0 Å². The molecule has 136 valence electrons. The number of thiophene rings is 1. The molecule has 2 nitrogen and oxygen atoms in total. The molecule has 1 aliphatic heterocycles. The van der Waals surface area contributed by atoms with Gasteiger partial charge in [-0.05, 0) is 68.2 Å².